The van der Waals surface area contributed by atoms with E-state index in [0.717, 1.165) is 5.17 Å². The van der Waals surface area contributed by atoms with E-state index < -0.39 is 0 Å². The van der Waals surface area contributed by atoms with E-state index in [9.17, 15) is 5.21 Å². The molecule has 1 aromatic rings. The number of aliphatic hydroxyl groups excluding tert-OH is 1. The highest BCUT2D eigenvalue weighted by Crippen LogP contribution is 2.43. The highest BCUT2D eigenvalue weighted by Gasteiger charge is 2.37. The number of alkyl halides is 1. The van der Waals surface area contributed by atoms with Gasteiger partial charge >= 0.3 is 0 Å². The molecule has 0 radical (unpaired) electrons. The average molecular weight is 323 g/mol. The number of aliphatic hydroxyl groups is 1. The molecule has 15 heavy (non-hydrogen) atoms. The molecule has 1 aliphatic rings. The van der Waals surface area contributed by atoms with E-state index in [1.165, 1.54) is 11.3 Å². The molecule has 0 fully saturated rings. The molecule has 1 aromatic heterocycles. The molecule has 0 spiro atoms. The largest absolute Gasteiger partial charge is 0.394 e. The molecule has 1 unspecified atom stereocenters. The van der Waals surface area contributed by atoms with E-state index in [-0.39, 0.29) is 17.2 Å². The number of halogens is 1. The zero-order valence-electron chi connectivity index (χ0n) is 7.71. The number of nitrogens with two attached hydrogens (primary N) is 1. The normalized spacial score (nSPS) is 20.7. The summed E-state index contributed by atoms with van der Waals surface area (Å²) in [7, 11) is 0. The molecule has 1 aliphatic heterocycles. The Bertz CT molecular complexity index is 376. The van der Waals surface area contributed by atoms with Crippen LogP contribution in [0, 0.1) is 0 Å². The zero-order valence-corrected chi connectivity index (χ0v) is 9.87. The molecule has 0 saturated carbocycles. The van der Waals surface area contributed by atoms with Crippen LogP contribution in [0.1, 0.15) is 9.61 Å². The lowest BCUT2D eigenvalue weighted by Crippen LogP contribution is -2.38. The summed E-state index contributed by atoms with van der Waals surface area (Å²) >= 11 is 2.02. The summed E-state index contributed by atoms with van der Waals surface area (Å²) in [6.45, 7) is 0.184. The van der Waals surface area contributed by atoms with Crippen LogP contribution < -0.4 is 10.7 Å². The number of hydrogen-bond acceptors (Lipinski definition) is 7. The quantitative estimate of drug-likeness (QED) is 0.397. The van der Waals surface area contributed by atoms with Crippen molar-refractivity contribution >= 4 is 34.2 Å². The molecular weight excluding hydrogens is 313 g/mol. The number of β-amino-alcohol motifs (C(OH)–C–C–N with tert-alkyl or cyclic N) is 1. The number of nitrogen functional groups attached to an aromatic ring is 1. The van der Waals surface area contributed by atoms with Crippen LogP contribution in [0.3, 0.4) is 0 Å². The molecule has 0 aliphatic carbocycles. The van der Waals surface area contributed by atoms with Crippen LogP contribution in [-0.4, -0.2) is 38.6 Å². The van der Waals surface area contributed by atoms with Crippen molar-refractivity contribution in [1.29, 1.82) is 0 Å². The Labute approximate surface area is 99.6 Å². The predicted molar refractivity (Wildman–Crippen MR) is 61.3 cm³/mol. The fourth-order valence-electron chi connectivity index (χ4n) is 1.47. The van der Waals surface area contributed by atoms with Crippen LogP contribution in [0.15, 0.2) is 6.33 Å². The Kier molecular flexibility index (Phi) is 2.91. The molecule has 1 atom stereocenters. The van der Waals surface area contributed by atoms with Crippen molar-refractivity contribution in [3.8, 4) is 0 Å². The molecule has 7 nitrogen and oxygen atoms in total. The second kappa shape index (κ2) is 4.04. The Morgan fingerprint density at radius 3 is 2.93 bits per heavy atom. The van der Waals surface area contributed by atoms with E-state index in [2.05, 4.69) is 9.97 Å². The first kappa shape index (κ1) is 10.8. The third-order valence-electron chi connectivity index (χ3n) is 2.14. The van der Waals surface area contributed by atoms with Crippen LogP contribution in [0.4, 0.5) is 11.6 Å². The maximum absolute atomic E-state index is 9.75. The number of hydrogen-bond donors (Lipinski definition) is 3. The molecule has 0 saturated heterocycles. The molecule has 82 valence electrons. The standard InChI is InChI=1S/C7H10IN5O2/c8-5-4-6(9)10-3-11-7(4)12(1-2-14)13(5)15/h3,5,14-15H,1-2H2,(H2,9,10,11). The summed E-state index contributed by atoms with van der Waals surface area (Å²) in [5.74, 6) is 0.886. The van der Waals surface area contributed by atoms with E-state index in [1.54, 1.807) is 0 Å². The number of nitrogens with zero attached hydrogens (tertiary/aromatic N) is 4. The van der Waals surface area contributed by atoms with Crippen molar-refractivity contribution in [2.75, 3.05) is 23.9 Å². The topological polar surface area (TPSA) is 98.7 Å². The highest BCUT2D eigenvalue weighted by atomic mass is 127. The van der Waals surface area contributed by atoms with Gasteiger partial charge in [-0.1, -0.05) is 27.8 Å². The third-order valence-corrected chi connectivity index (χ3v) is 3.26. The number of hydrazine groups is 1. The van der Waals surface area contributed by atoms with Gasteiger partial charge in [-0.2, -0.15) is 0 Å². The second-order valence-electron chi connectivity index (χ2n) is 3.00. The van der Waals surface area contributed by atoms with Crippen LogP contribution in [0.25, 0.3) is 0 Å². The van der Waals surface area contributed by atoms with Gasteiger partial charge in [0.25, 0.3) is 0 Å². The van der Waals surface area contributed by atoms with Gasteiger partial charge in [0.05, 0.1) is 18.7 Å². The van der Waals surface area contributed by atoms with Gasteiger partial charge in [-0.05, 0) is 0 Å². The number of hydroxylamine groups is 1. The van der Waals surface area contributed by atoms with Crippen molar-refractivity contribution in [1.82, 2.24) is 15.1 Å². The lowest BCUT2D eigenvalue weighted by Gasteiger charge is -2.24. The Balaban J connectivity index is 2.46. The van der Waals surface area contributed by atoms with Gasteiger partial charge in [-0.15, -0.1) is 0 Å². The fourth-order valence-corrected chi connectivity index (χ4v) is 2.37. The molecule has 4 N–H and O–H groups in total. The van der Waals surface area contributed by atoms with Gasteiger partial charge in [-0.25, -0.2) is 9.97 Å². The Morgan fingerprint density at radius 2 is 2.27 bits per heavy atom. The predicted octanol–water partition coefficient (Wildman–Crippen LogP) is -0.0891. The highest BCUT2D eigenvalue weighted by molar-refractivity contribution is 14.1. The van der Waals surface area contributed by atoms with Crippen LogP contribution in [0.5, 0.6) is 0 Å². The van der Waals surface area contributed by atoms with E-state index in [4.69, 9.17) is 10.8 Å². The van der Waals surface area contributed by atoms with Gasteiger partial charge < -0.3 is 10.8 Å². The SMILES string of the molecule is Nc1ncnc2c1C(I)N(O)N2CCO. The Hall–Kier alpha value is -0.710. The van der Waals surface area contributed by atoms with Gasteiger partial charge in [0, 0.05) is 0 Å². The van der Waals surface area contributed by atoms with E-state index in [0.29, 0.717) is 17.2 Å². The van der Waals surface area contributed by atoms with Crippen molar-refractivity contribution in [3.63, 3.8) is 0 Å². The third kappa shape index (κ3) is 1.62. The lowest BCUT2D eigenvalue weighted by molar-refractivity contribution is -0.101. The summed E-state index contributed by atoms with van der Waals surface area (Å²) < 4.78 is -0.328. The first-order valence-electron chi connectivity index (χ1n) is 4.27. The molecule has 2 rings (SSSR count). The van der Waals surface area contributed by atoms with Gasteiger partial charge in [-0.3, -0.25) is 10.2 Å². The van der Waals surface area contributed by atoms with Crippen molar-refractivity contribution in [2.24, 2.45) is 0 Å². The number of aromatic nitrogens is 2. The number of rotatable bonds is 2. The molecule has 2 heterocycles. The minimum absolute atomic E-state index is 0.0796. The summed E-state index contributed by atoms with van der Waals surface area (Å²) in [5.41, 5.74) is 6.38. The molecule has 0 amide bonds. The molecule has 0 bridgehead atoms. The summed E-state index contributed by atoms with van der Waals surface area (Å²) in [6, 6.07) is 0. The molecule has 0 aromatic carbocycles. The first-order valence-corrected chi connectivity index (χ1v) is 5.52. The van der Waals surface area contributed by atoms with Gasteiger partial charge in [0.1, 0.15) is 16.2 Å². The van der Waals surface area contributed by atoms with Gasteiger partial charge in [0.2, 0.25) is 0 Å². The minimum Gasteiger partial charge on any atom is -0.394 e. The average Bonchev–Trinajstić information content (AvgIpc) is 2.45. The summed E-state index contributed by atoms with van der Waals surface area (Å²) in [4.78, 5) is 7.90. The van der Waals surface area contributed by atoms with Crippen molar-refractivity contribution in [3.05, 3.63) is 11.9 Å². The van der Waals surface area contributed by atoms with Crippen LogP contribution in [-0.2, 0) is 0 Å². The van der Waals surface area contributed by atoms with Crippen molar-refractivity contribution in [2.45, 2.75) is 4.05 Å². The maximum Gasteiger partial charge on any atom is 0.156 e. The summed E-state index contributed by atoms with van der Waals surface area (Å²) in [5, 5.41) is 21.1. The van der Waals surface area contributed by atoms with Crippen LogP contribution >= 0.6 is 22.6 Å². The molecular formula is C7H10IN5O2. The van der Waals surface area contributed by atoms with E-state index in [1.807, 2.05) is 22.6 Å². The number of fused-ring (bicyclic) bond motifs is 1. The smallest absolute Gasteiger partial charge is 0.156 e. The van der Waals surface area contributed by atoms with Crippen molar-refractivity contribution < 1.29 is 10.3 Å². The monoisotopic (exact) mass is 323 g/mol. The minimum atomic E-state index is -0.328. The molecule has 8 heteroatoms. The Morgan fingerprint density at radius 1 is 1.53 bits per heavy atom. The van der Waals surface area contributed by atoms with E-state index >= 15 is 0 Å². The lowest BCUT2D eigenvalue weighted by atomic mass is 10.3. The second-order valence-corrected chi connectivity index (χ2v) is 4.18. The first-order chi connectivity index (χ1) is 7.16. The maximum atomic E-state index is 9.75. The van der Waals surface area contributed by atoms with Gasteiger partial charge in [0.15, 0.2) is 5.82 Å². The zero-order chi connectivity index (χ0) is 11.0. The van der Waals surface area contributed by atoms with Crippen LogP contribution in [0.2, 0.25) is 0 Å². The number of anilines is 2. The summed E-state index contributed by atoms with van der Waals surface area (Å²) in [6.07, 6.45) is 1.33. The fraction of sp³-hybridized carbons (Fsp3) is 0.429.